The third-order valence-corrected chi connectivity index (χ3v) is 3.82. The summed E-state index contributed by atoms with van der Waals surface area (Å²) in [4.78, 5) is 11.9. The van der Waals surface area contributed by atoms with Crippen LogP contribution < -0.4 is 10.6 Å². The van der Waals surface area contributed by atoms with E-state index in [9.17, 15) is 4.79 Å². The number of amides is 1. The van der Waals surface area contributed by atoms with Crippen LogP contribution in [0.3, 0.4) is 0 Å². The zero-order valence-corrected chi connectivity index (χ0v) is 11.5. The van der Waals surface area contributed by atoms with Gasteiger partial charge in [0.25, 0.3) is 0 Å². The Morgan fingerprint density at radius 1 is 1.39 bits per heavy atom. The molecule has 1 amide bonds. The van der Waals surface area contributed by atoms with Crippen LogP contribution in [0, 0.1) is 5.92 Å². The summed E-state index contributed by atoms with van der Waals surface area (Å²) in [6.45, 7) is 1.99. The number of benzene rings is 1. The van der Waals surface area contributed by atoms with Crippen molar-refractivity contribution in [3.63, 3.8) is 0 Å². The van der Waals surface area contributed by atoms with E-state index in [2.05, 4.69) is 10.6 Å². The van der Waals surface area contributed by atoms with Crippen molar-refractivity contribution in [3.05, 3.63) is 28.2 Å². The first-order valence-electron chi connectivity index (χ1n) is 6.11. The van der Waals surface area contributed by atoms with Crippen molar-refractivity contribution >= 4 is 34.8 Å². The van der Waals surface area contributed by atoms with E-state index in [0.29, 0.717) is 28.1 Å². The fraction of sp³-hybridized carbons (Fsp3) is 0.462. The number of nitrogens with one attached hydrogen (secondary N) is 2. The number of hydrogen-bond donors (Lipinski definition) is 2. The van der Waals surface area contributed by atoms with Gasteiger partial charge in [0.15, 0.2) is 0 Å². The normalized spacial score (nSPS) is 19.6. The van der Waals surface area contributed by atoms with E-state index in [4.69, 9.17) is 23.2 Å². The maximum atomic E-state index is 11.9. The van der Waals surface area contributed by atoms with Crippen LogP contribution in [0.4, 0.5) is 5.69 Å². The van der Waals surface area contributed by atoms with Crippen molar-refractivity contribution in [1.29, 1.82) is 0 Å². The average Bonchev–Trinajstić information content (AvgIpc) is 2.35. The van der Waals surface area contributed by atoms with Crippen molar-refractivity contribution in [2.75, 3.05) is 18.4 Å². The molecule has 2 N–H and O–H groups in total. The molecule has 0 bridgehead atoms. The van der Waals surface area contributed by atoms with Gasteiger partial charge in [-0.2, -0.15) is 0 Å². The van der Waals surface area contributed by atoms with E-state index in [1.54, 1.807) is 18.2 Å². The molecule has 0 aromatic heterocycles. The average molecular weight is 287 g/mol. The van der Waals surface area contributed by atoms with Gasteiger partial charge in [0.05, 0.1) is 10.0 Å². The minimum Gasteiger partial charge on any atom is -0.326 e. The van der Waals surface area contributed by atoms with Crippen LogP contribution in [-0.2, 0) is 4.79 Å². The van der Waals surface area contributed by atoms with Gasteiger partial charge in [-0.3, -0.25) is 4.79 Å². The van der Waals surface area contributed by atoms with E-state index >= 15 is 0 Å². The molecular formula is C13H16Cl2N2O. The molecule has 2 rings (SSSR count). The summed E-state index contributed by atoms with van der Waals surface area (Å²) < 4.78 is 0. The molecule has 1 unspecified atom stereocenters. The second kappa shape index (κ2) is 6.41. The number of halogens is 2. The zero-order chi connectivity index (χ0) is 13.0. The van der Waals surface area contributed by atoms with Gasteiger partial charge in [-0.05, 0) is 50.0 Å². The van der Waals surface area contributed by atoms with E-state index in [-0.39, 0.29) is 5.91 Å². The Labute approximate surface area is 117 Å². The van der Waals surface area contributed by atoms with Gasteiger partial charge >= 0.3 is 0 Å². The fourth-order valence-corrected chi connectivity index (χ4v) is 2.44. The lowest BCUT2D eigenvalue weighted by Crippen LogP contribution is -2.32. The first kappa shape index (κ1) is 13.7. The summed E-state index contributed by atoms with van der Waals surface area (Å²) in [7, 11) is 0. The van der Waals surface area contributed by atoms with Crippen LogP contribution in [0.1, 0.15) is 19.3 Å². The predicted octanol–water partition coefficient (Wildman–Crippen LogP) is 3.32. The first-order valence-corrected chi connectivity index (χ1v) is 6.86. The molecule has 1 aliphatic rings. The van der Waals surface area contributed by atoms with Crippen molar-refractivity contribution in [2.45, 2.75) is 19.3 Å². The second-order valence-corrected chi connectivity index (χ2v) is 5.41. The largest absolute Gasteiger partial charge is 0.326 e. The molecule has 0 aliphatic carbocycles. The Hall–Kier alpha value is -0.770. The molecule has 3 nitrogen and oxygen atoms in total. The smallest absolute Gasteiger partial charge is 0.224 e. The Kier molecular flexibility index (Phi) is 4.87. The third kappa shape index (κ3) is 3.87. The Morgan fingerprint density at radius 3 is 2.89 bits per heavy atom. The molecule has 18 heavy (non-hydrogen) atoms. The molecule has 1 atom stereocenters. The molecule has 0 spiro atoms. The minimum absolute atomic E-state index is 0.0297. The van der Waals surface area contributed by atoms with E-state index in [1.165, 1.54) is 0 Å². The minimum atomic E-state index is 0.0297. The summed E-state index contributed by atoms with van der Waals surface area (Å²) >= 11 is 11.7. The van der Waals surface area contributed by atoms with Crippen LogP contribution in [0.2, 0.25) is 10.0 Å². The maximum absolute atomic E-state index is 11.9. The quantitative estimate of drug-likeness (QED) is 0.895. The predicted molar refractivity (Wildman–Crippen MR) is 75.3 cm³/mol. The highest BCUT2D eigenvalue weighted by Crippen LogP contribution is 2.25. The summed E-state index contributed by atoms with van der Waals surface area (Å²) in [5.74, 6) is 0.462. The fourth-order valence-electron chi connectivity index (χ4n) is 2.15. The number of carbonyl (C=O) groups excluding carboxylic acids is 1. The Balaban J connectivity index is 1.88. The number of carbonyl (C=O) groups is 1. The summed E-state index contributed by atoms with van der Waals surface area (Å²) in [5.41, 5.74) is 0.693. The highest BCUT2D eigenvalue weighted by atomic mass is 35.5. The lowest BCUT2D eigenvalue weighted by atomic mass is 9.96. The van der Waals surface area contributed by atoms with Crippen LogP contribution in [0.15, 0.2) is 18.2 Å². The molecule has 0 radical (unpaired) electrons. The molecule has 0 saturated carbocycles. The molecular weight excluding hydrogens is 271 g/mol. The van der Waals surface area contributed by atoms with Crippen molar-refractivity contribution in [2.24, 2.45) is 5.92 Å². The SMILES string of the molecule is O=C(CC1CCCNC1)Nc1ccc(Cl)c(Cl)c1. The topological polar surface area (TPSA) is 41.1 Å². The van der Waals surface area contributed by atoms with Gasteiger partial charge in [0.2, 0.25) is 5.91 Å². The van der Waals surface area contributed by atoms with E-state index in [0.717, 1.165) is 25.9 Å². The van der Waals surface area contributed by atoms with Crippen molar-refractivity contribution in [1.82, 2.24) is 5.32 Å². The second-order valence-electron chi connectivity index (χ2n) is 4.59. The van der Waals surface area contributed by atoms with Gasteiger partial charge in [-0.15, -0.1) is 0 Å². The standard InChI is InChI=1S/C13H16Cl2N2O/c14-11-4-3-10(7-12(11)15)17-13(18)6-9-2-1-5-16-8-9/h3-4,7,9,16H,1-2,5-6,8H2,(H,17,18). The van der Waals surface area contributed by atoms with Gasteiger partial charge in [0, 0.05) is 12.1 Å². The zero-order valence-electron chi connectivity index (χ0n) is 10.0. The lowest BCUT2D eigenvalue weighted by Gasteiger charge is -2.22. The summed E-state index contributed by atoms with van der Waals surface area (Å²) in [5, 5.41) is 7.09. The molecule has 1 heterocycles. The van der Waals surface area contributed by atoms with E-state index in [1.807, 2.05) is 0 Å². The third-order valence-electron chi connectivity index (χ3n) is 3.08. The van der Waals surface area contributed by atoms with Gasteiger partial charge in [-0.25, -0.2) is 0 Å². The summed E-state index contributed by atoms with van der Waals surface area (Å²) in [6.07, 6.45) is 2.81. The number of hydrogen-bond acceptors (Lipinski definition) is 2. The molecule has 1 aromatic carbocycles. The summed E-state index contributed by atoms with van der Waals surface area (Å²) in [6, 6.07) is 5.10. The van der Waals surface area contributed by atoms with Crippen LogP contribution in [0.5, 0.6) is 0 Å². The lowest BCUT2D eigenvalue weighted by molar-refractivity contribution is -0.117. The monoisotopic (exact) mass is 286 g/mol. The highest BCUT2D eigenvalue weighted by Gasteiger charge is 2.16. The highest BCUT2D eigenvalue weighted by molar-refractivity contribution is 6.42. The maximum Gasteiger partial charge on any atom is 0.224 e. The Morgan fingerprint density at radius 2 is 2.22 bits per heavy atom. The molecule has 98 valence electrons. The molecule has 1 saturated heterocycles. The molecule has 1 aromatic rings. The van der Waals surface area contributed by atoms with Gasteiger partial charge in [0.1, 0.15) is 0 Å². The molecule has 1 aliphatic heterocycles. The molecule has 5 heteroatoms. The van der Waals surface area contributed by atoms with Crippen molar-refractivity contribution in [3.8, 4) is 0 Å². The molecule has 1 fully saturated rings. The van der Waals surface area contributed by atoms with Crippen LogP contribution >= 0.6 is 23.2 Å². The van der Waals surface area contributed by atoms with Crippen LogP contribution in [0.25, 0.3) is 0 Å². The van der Waals surface area contributed by atoms with Crippen LogP contribution in [-0.4, -0.2) is 19.0 Å². The number of piperidine rings is 1. The van der Waals surface area contributed by atoms with E-state index < -0.39 is 0 Å². The van der Waals surface area contributed by atoms with Crippen molar-refractivity contribution < 1.29 is 4.79 Å². The van der Waals surface area contributed by atoms with Gasteiger partial charge in [-0.1, -0.05) is 23.2 Å². The number of rotatable bonds is 3. The Bertz CT molecular complexity index is 431. The first-order chi connectivity index (χ1) is 8.65. The number of anilines is 1. The van der Waals surface area contributed by atoms with Gasteiger partial charge < -0.3 is 10.6 Å².